The Kier molecular flexibility index (Phi) is 5.67. The molecule has 1 aliphatic heterocycles. The first kappa shape index (κ1) is 17.6. The van der Waals surface area contributed by atoms with Gasteiger partial charge in [-0.15, -0.1) is 0 Å². The van der Waals surface area contributed by atoms with Crippen LogP contribution >= 0.6 is 23.2 Å². The SMILES string of the molecule is COc1ccc(C(c2ccc(Cl)cc2Cl)N2CCNCC2)cc1C. The first-order valence-corrected chi connectivity index (χ1v) is 8.90. The van der Waals surface area contributed by atoms with Gasteiger partial charge in [-0.25, -0.2) is 0 Å². The third-order valence-electron chi connectivity index (χ3n) is 4.51. The lowest BCUT2D eigenvalue weighted by molar-refractivity contribution is 0.198. The standard InChI is InChI=1S/C19H22Cl2N2O/c1-13-11-14(3-6-18(13)24-2)19(23-9-7-22-8-10-23)16-5-4-15(20)12-17(16)21/h3-6,11-12,19,22H,7-10H2,1-2H3. The van der Waals surface area contributed by atoms with E-state index in [1.165, 1.54) is 5.56 Å². The maximum absolute atomic E-state index is 6.54. The van der Waals surface area contributed by atoms with E-state index in [1.807, 2.05) is 24.3 Å². The fraction of sp³-hybridized carbons (Fsp3) is 0.368. The minimum absolute atomic E-state index is 0.112. The lowest BCUT2D eigenvalue weighted by Gasteiger charge is -2.36. The van der Waals surface area contributed by atoms with Crippen LogP contribution in [0.5, 0.6) is 5.75 Å². The molecule has 0 bridgehead atoms. The molecule has 3 nitrogen and oxygen atoms in total. The van der Waals surface area contributed by atoms with Crippen molar-refractivity contribution in [3.63, 3.8) is 0 Å². The van der Waals surface area contributed by atoms with E-state index in [0.29, 0.717) is 10.0 Å². The number of aryl methyl sites for hydroxylation is 1. The topological polar surface area (TPSA) is 24.5 Å². The van der Waals surface area contributed by atoms with Crippen molar-refractivity contribution in [3.05, 3.63) is 63.1 Å². The summed E-state index contributed by atoms with van der Waals surface area (Å²) in [5, 5.41) is 4.78. The van der Waals surface area contributed by atoms with Crippen molar-refractivity contribution in [3.8, 4) is 5.75 Å². The van der Waals surface area contributed by atoms with Crippen molar-refractivity contribution in [1.29, 1.82) is 0 Å². The van der Waals surface area contributed by atoms with Crippen molar-refractivity contribution < 1.29 is 4.74 Å². The van der Waals surface area contributed by atoms with Gasteiger partial charge in [0.25, 0.3) is 0 Å². The number of methoxy groups -OCH3 is 1. The second-order valence-corrected chi connectivity index (χ2v) is 6.93. The number of hydrogen-bond acceptors (Lipinski definition) is 3. The Balaban J connectivity index is 2.06. The highest BCUT2D eigenvalue weighted by molar-refractivity contribution is 6.35. The Labute approximate surface area is 153 Å². The second kappa shape index (κ2) is 7.75. The summed E-state index contributed by atoms with van der Waals surface area (Å²) in [5.41, 5.74) is 3.44. The summed E-state index contributed by atoms with van der Waals surface area (Å²) < 4.78 is 5.40. The van der Waals surface area contributed by atoms with E-state index in [9.17, 15) is 0 Å². The molecule has 1 N–H and O–H groups in total. The first-order valence-electron chi connectivity index (χ1n) is 8.14. The van der Waals surface area contributed by atoms with E-state index >= 15 is 0 Å². The van der Waals surface area contributed by atoms with Gasteiger partial charge in [0, 0.05) is 36.2 Å². The Morgan fingerprint density at radius 2 is 1.83 bits per heavy atom. The average molecular weight is 365 g/mol. The van der Waals surface area contributed by atoms with Crippen LogP contribution in [-0.2, 0) is 0 Å². The van der Waals surface area contributed by atoms with Crippen LogP contribution in [0.3, 0.4) is 0 Å². The summed E-state index contributed by atoms with van der Waals surface area (Å²) in [4.78, 5) is 2.47. The summed E-state index contributed by atoms with van der Waals surface area (Å²) in [6, 6.07) is 12.2. The van der Waals surface area contributed by atoms with Crippen molar-refractivity contribution in [1.82, 2.24) is 10.2 Å². The number of nitrogens with one attached hydrogen (secondary N) is 1. The molecule has 0 saturated carbocycles. The predicted molar refractivity (Wildman–Crippen MR) is 100 cm³/mol. The Morgan fingerprint density at radius 1 is 1.08 bits per heavy atom. The number of ether oxygens (including phenoxy) is 1. The molecular weight excluding hydrogens is 343 g/mol. The van der Waals surface area contributed by atoms with Crippen molar-refractivity contribution in [2.45, 2.75) is 13.0 Å². The van der Waals surface area contributed by atoms with Crippen LogP contribution < -0.4 is 10.1 Å². The summed E-state index contributed by atoms with van der Waals surface area (Å²) in [6.07, 6.45) is 0. The second-order valence-electron chi connectivity index (χ2n) is 6.08. The predicted octanol–water partition coefficient (Wildman–Crippen LogP) is 4.31. The smallest absolute Gasteiger partial charge is 0.121 e. The molecule has 0 aliphatic carbocycles. The zero-order valence-corrected chi connectivity index (χ0v) is 15.5. The van der Waals surface area contributed by atoms with E-state index in [-0.39, 0.29) is 6.04 Å². The van der Waals surface area contributed by atoms with Crippen LogP contribution in [0.25, 0.3) is 0 Å². The van der Waals surface area contributed by atoms with Crippen LogP contribution in [0.15, 0.2) is 36.4 Å². The lowest BCUT2D eigenvalue weighted by atomic mass is 9.95. The van der Waals surface area contributed by atoms with Gasteiger partial charge in [0.05, 0.1) is 13.2 Å². The Morgan fingerprint density at radius 3 is 2.46 bits per heavy atom. The third-order valence-corrected chi connectivity index (χ3v) is 5.07. The minimum Gasteiger partial charge on any atom is -0.496 e. The number of nitrogens with zero attached hydrogens (tertiary/aromatic N) is 1. The number of rotatable bonds is 4. The van der Waals surface area contributed by atoms with Gasteiger partial charge in [-0.1, -0.05) is 41.4 Å². The molecule has 5 heteroatoms. The highest BCUT2D eigenvalue weighted by Crippen LogP contribution is 2.36. The van der Waals surface area contributed by atoms with E-state index in [1.54, 1.807) is 7.11 Å². The highest BCUT2D eigenvalue weighted by Gasteiger charge is 2.26. The molecule has 0 aromatic heterocycles. The van der Waals surface area contributed by atoms with Gasteiger partial charge in [0.15, 0.2) is 0 Å². The summed E-state index contributed by atoms with van der Waals surface area (Å²) in [5.74, 6) is 0.903. The van der Waals surface area contributed by atoms with Gasteiger partial charge in [-0.3, -0.25) is 4.90 Å². The highest BCUT2D eigenvalue weighted by atomic mass is 35.5. The van der Waals surface area contributed by atoms with Crippen LogP contribution in [0.4, 0.5) is 0 Å². The van der Waals surface area contributed by atoms with Crippen LogP contribution in [0.1, 0.15) is 22.7 Å². The van der Waals surface area contributed by atoms with E-state index in [0.717, 1.165) is 43.1 Å². The third kappa shape index (κ3) is 3.70. The molecule has 2 aromatic carbocycles. The van der Waals surface area contributed by atoms with Crippen LogP contribution in [-0.4, -0.2) is 38.2 Å². The first-order chi connectivity index (χ1) is 11.6. The molecule has 1 fully saturated rings. The molecule has 1 atom stereocenters. The van der Waals surface area contributed by atoms with E-state index in [2.05, 4.69) is 29.3 Å². The maximum atomic E-state index is 6.54. The minimum atomic E-state index is 0.112. The van der Waals surface area contributed by atoms with Gasteiger partial charge < -0.3 is 10.1 Å². The quantitative estimate of drug-likeness (QED) is 0.874. The van der Waals surface area contributed by atoms with Gasteiger partial charge in [0.1, 0.15) is 5.75 Å². The largest absolute Gasteiger partial charge is 0.496 e. The molecule has 24 heavy (non-hydrogen) atoms. The summed E-state index contributed by atoms with van der Waals surface area (Å²) in [6.45, 7) is 6.00. The molecule has 1 aliphatic rings. The van der Waals surface area contributed by atoms with E-state index < -0.39 is 0 Å². The van der Waals surface area contributed by atoms with Crippen LogP contribution in [0.2, 0.25) is 10.0 Å². The molecule has 1 heterocycles. The molecule has 0 radical (unpaired) electrons. The lowest BCUT2D eigenvalue weighted by Crippen LogP contribution is -2.45. The van der Waals surface area contributed by atoms with Crippen molar-refractivity contribution in [2.75, 3.05) is 33.3 Å². The molecule has 128 valence electrons. The van der Waals surface area contributed by atoms with Crippen LogP contribution in [0, 0.1) is 6.92 Å². The summed E-state index contributed by atoms with van der Waals surface area (Å²) >= 11 is 12.6. The zero-order valence-electron chi connectivity index (χ0n) is 14.0. The molecular formula is C19H22Cl2N2O. The van der Waals surface area contributed by atoms with Gasteiger partial charge >= 0.3 is 0 Å². The fourth-order valence-corrected chi connectivity index (χ4v) is 3.83. The van der Waals surface area contributed by atoms with Crippen molar-refractivity contribution >= 4 is 23.2 Å². The normalized spacial score (nSPS) is 16.8. The Hall–Kier alpha value is -1.26. The Bertz CT molecular complexity index is 715. The molecule has 0 spiro atoms. The van der Waals surface area contributed by atoms with Gasteiger partial charge in [0.2, 0.25) is 0 Å². The molecule has 1 unspecified atom stereocenters. The van der Waals surface area contributed by atoms with Gasteiger partial charge in [-0.2, -0.15) is 0 Å². The average Bonchev–Trinajstić information content (AvgIpc) is 2.58. The molecule has 3 rings (SSSR count). The number of piperazine rings is 1. The number of benzene rings is 2. The summed E-state index contributed by atoms with van der Waals surface area (Å²) in [7, 11) is 1.70. The fourth-order valence-electron chi connectivity index (χ4n) is 3.32. The number of hydrogen-bond donors (Lipinski definition) is 1. The maximum Gasteiger partial charge on any atom is 0.121 e. The monoisotopic (exact) mass is 364 g/mol. The zero-order chi connectivity index (χ0) is 17.1. The molecule has 2 aromatic rings. The van der Waals surface area contributed by atoms with Gasteiger partial charge in [-0.05, 0) is 41.8 Å². The number of halogens is 2. The molecule has 0 amide bonds. The van der Waals surface area contributed by atoms with E-state index in [4.69, 9.17) is 27.9 Å². The van der Waals surface area contributed by atoms with Crippen molar-refractivity contribution in [2.24, 2.45) is 0 Å². The molecule has 1 saturated heterocycles.